The minimum Gasteiger partial charge on any atom is -0.497 e. The summed E-state index contributed by atoms with van der Waals surface area (Å²) >= 11 is 0. The summed E-state index contributed by atoms with van der Waals surface area (Å²) in [6.07, 6.45) is 8.15. The lowest BCUT2D eigenvalue weighted by molar-refractivity contribution is 0.0753. The molecular formula is C27H32N2O2. The van der Waals surface area contributed by atoms with Crippen molar-refractivity contribution in [2.45, 2.75) is 39.5 Å². The van der Waals surface area contributed by atoms with E-state index >= 15 is 0 Å². The number of ether oxygens (including phenoxy) is 1. The molecule has 0 unspecified atom stereocenters. The lowest BCUT2D eigenvalue weighted by atomic mass is 10.0. The van der Waals surface area contributed by atoms with E-state index in [9.17, 15) is 4.79 Å². The minimum absolute atomic E-state index is 0.0968. The maximum Gasteiger partial charge on any atom is 0.254 e. The maximum atomic E-state index is 13.5. The Balaban J connectivity index is 1.95. The molecule has 0 aliphatic heterocycles. The van der Waals surface area contributed by atoms with Gasteiger partial charge in [-0.2, -0.15) is 0 Å². The number of rotatable bonds is 10. The molecular weight excluding hydrogens is 384 g/mol. The van der Waals surface area contributed by atoms with Crippen LogP contribution in [-0.2, 0) is 0 Å². The number of fused-ring (bicyclic) bond motifs is 1. The molecule has 0 N–H and O–H groups in total. The summed E-state index contributed by atoms with van der Waals surface area (Å²) in [5.41, 5.74) is 3.40. The van der Waals surface area contributed by atoms with Gasteiger partial charge in [-0.25, -0.2) is 4.98 Å². The first kappa shape index (κ1) is 22.5. The van der Waals surface area contributed by atoms with E-state index < -0.39 is 0 Å². The number of unbranched alkanes of at least 4 members (excludes halogenated alkanes) is 2. The van der Waals surface area contributed by atoms with Crippen LogP contribution in [0.25, 0.3) is 23.1 Å². The smallest absolute Gasteiger partial charge is 0.254 e. The highest BCUT2D eigenvalue weighted by molar-refractivity contribution is 6.06. The summed E-state index contributed by atoms with van der Waals surface area (Å²) < 4.78 is 5.22. The molecule has 0 bridgehead atoms. The minimum atomic E-state index is 0.0968. The van der Waals surface area contributed by atoms with E-state index in [1.807, 2.05) is 71.6 Å². The SMILES string of the molecule is CCCCN(CCCC)C(=O)c1cc(C=Cc2ccc(OC)cc2)nc2ccccc12. The van der Waals surface area contributed by atoms with Gasteiger partial charge in [0.1, 0.15) is 5.75 Å². The molecule has 1 aromatic heterocycles. The average Bonchev–Trinajstić information content (AvgIpc) is 2.82. The number of pyridine rings is 1. The number of hydrogen-bond donors (Lipinski definition) is 0. The number of benzene rings is 2. The van der Waals surface area contributed by atoms with Gasteiger partial charge in [0.2, 0.25) is 0 Å². The molecule has 0 atom stereocenters. The van der Waals surface area contributed by atoms with E-state index in [1.54, 1.807) is 7.11 Å². The fraction of sp³-hybridized carbons (Fsp3) is 0.333. The van der Waals surface area contributed by atoms with Gasteiger partial charge in [0.25, 0.3) is 5.91 Å². The van der Waals surface area contributed by atoms with Gasteiger partial charge in [-0.15, -0.1) is 0 Å². The molecule has 1 heterocycles. The molecule has 0 saturated carbocycles. The summed E-state index contributed by atoms with van der Waals surface area (Å²) in [6.45, 7) is 5.91. The molecule has 0 aliphatic carbocycles. The quantitative estimate of drug-likeness (QED) is 0.381. The standard InChI is InChI=1S/C27H32N2O2/c1-4-6-18-29(19-7-5-2)27(30)25-20-22(28-26-11-9-8-10-24(25)26)15-12-21-13-16-23(31-3)17-14-21/h8-17,20H,4-7,18-19H2,1-3H3. The number of methoxy groups -OCH3 is 1. The van der Waals surface area contributed by atoms with Crippen molar-refractivity contribution in [1.29, 1.82) is 0 Å². The van der Waals surface area contributed by atoms with Gasteiger partial charge in [-0.05, 0) is 48.7 Å². The number of carbonyl (C=O) groups excluding carboxylic acids is 1. The van der Waals surface area contributed by atoms with Gasteiger partial charge in [0, 0.05) is 18.5 Å². The summed E-state index contributed by atoms with van der Waals surface area (Å²) in [4.78, 5) is 20.3. The van der Waals surface area contributed by atoms with Crippen LogP contribution in [0.3, 0.4) is 0 Å². The molecule has 0 fully saturated rings. The Morgan fingerprint density at radius 3 is 2.29 bits per heavy atom. The van der Waals surface area contributed by atoms with Crippen LogP contribution < -0.4 is 4.74 Å². The molecule has 0 aliphatic rings. The van der Waals surface area contributed by atoms with Crippen LogP contribution >= 0.6 is 0 Å². The van der Waals surface area contributed by atoms with Crippen molar-refractivity contribution in [3.05, 3.63) is 71.4 Å². The number of nitrogens with zero attached hydrogens (tertiary/aromatic N) is 2. The Kier molecular flexibility index (Phi) is 8.22. The maximum absolute atomic E-state index is 13.5. The van der Waals surface area contributed by atoms with Gasteiger partial charge in [-0.3, -0.25) is 4.79 Å². The summed E-state index contributed by atoms with van der Waals surface area (Å²) in [6, 6.07) is 17.7. The van der Waals surface area contributed by atoms with Crippen LogP contribution in [0.5, 0.6) is 5.75 Å². The van der Waals surface area contributed by atoms with Crippen LogP contribution in [0.4, 0.5) is 0 Å². The summed E-state index contributed by atoms with van der Waals surface area (Å²) in [5, 5.41) is 0.909. The predicted molar refractivity (Wildman–Crippen MR) is 129 cm³/mol. The molecule has 162 valence electrons. The van der Waals surface area contributed by atoms with Crippen LogP contribution in [0.15, 0.2) is 54.6 Å². The van der Waals surface area contributed by atoms with Crippen molar-refractivity contribution < 1.29 is 9.53 Å². The molecule has 4 nitrogen and oxygen atoms in total. The number of para-hydroxylation sites is 1. The fourth-order valence-corrected chi connectivity index (χ4v) is 3.54. The van der Waals surface area contributed by atoms with Crippen LogP contribution in [0.2, 0.25) is 0 Å². The summed E-state index contributed by atoms with van der Waals surface area (Å²) in [5.74, 6) is 0.924. The molecule has 0 saturated heterocycles. The normalized spacial score (nSPS) is 11.2. The number of carbonyl (C=O) groups is 1. The van der Waals surface area contributed by atoms with Crippen LogP contribution in [0, 0.1) is 0 Å². The zero-order valence-electron chi connectivity index (χ0n) is 18.8. The van der Waals surface area contributed by atoms with Crippen LogP contribution in [-0.4, -0.2) is 36.0 Å². The Bertz CT molecular complexity index is 1020. The lowest BCUT2D eigenvalue weighted by Gasteiger charge is -2.23. The van der Waals surface area contributed by atoms with Crippen molar-refractivity contribution in [3.63, 3.8) is 0 Å². The predicted octanol–water partition coefficient (Wildman–Crippen LogP) is 6.46. The highest BCUT2D eigenvalue weighted by atomic mass is 16.5. The van der Waals surface area contributed by atoms with Crippen molar-refractivity contribution in [2.75, 3.05) is 20.2 Å². The van der Waals surface area contributed by atoms with E-state index in [0.717, 1.165) is 72.2 Å². The van der Waals surface area contributed by atoms with Gasteiger partial charge in [0.15, 0.2) is 0 Å². The van der Waals surface area contributed by atoms with Gasteiger partial charge in [0.05, 0.1) is 23.9 Å². The first-order chi connectivity index (χ1) is 15.2. The average molecular weight is 417 g/mol. The second-order valence-electron chi connectivity index (χ2n) is 7.72. The second-order valence-corrected chi connectivity index (χ2v) is 7.72. The Morgan fingerprint density at radius 2 is 1.65 bits per heavy atom. The lowest BCUT2D eigenvalue weighted by Crippen LogP contribution is -2.33. The van der Waals surface area contributed by atoms with E-state index in [0.29, 0.717) is 0 Å². The van der Waals surface area contributed by atoms with E-state index in [4.69, 9.17) is 9.72 Å². The molecule has 4 heteroatoms. The van der Waals surface area contributed by atoms with E-state index in [1.165, 1.54) is 0 Å². The molecule has 31 heavy (non-hydrogen) atoms. The third-order valence-corrected chi connectivity index (χ3v) is 5.38. The Labute approximate surface area is 185 Å². The highest BCUT2D eigenvalue weighted by Gasteiger charge is 2.18. The third kappa shape index (κ3) is 5.94. The first-order valence-corrected chi connectivity index (χ1v) is 11.2. The van der Waals surface area contributed by atoms with Crippen molar-refractivity contribution >= 4 is 29.0 Å². The number of hydrogen-bond acceptors (Lipinski definition) is 3. The molecule has 3 aromatic rings. The van der Waals surface area contributed by atoms with Gasteiger partial charge >= 0.3 is 0 Å². The second kappa shape index (κ2) is 11.3. The fourth-order valence-electron chi connectivity index (χ4n) is 3.54. The monoisotopic (exact) mass is 416 g/mol. The Morgan fingerprint density at radius 1 is 0.968 bits per heavy atom. The van der Waals surface area contributed by atoms with E-state index in [-0.39, 0.29) is 5.91 Å². The zero-order valence-corrected chi connectivity index (χ0v) is 18.8. The molecule has 3 rings (SSSR count). The molecule has 2 aromatic carbocycles. The largest absolute Gasteiger partial charge is 0.497 e. The van der Waals surface area contributed by atoms with Crippen LogP contribution in [0.1, 0.15) is 61.1 Å². The number of amides is 1. The summed E-state index contributed by atoms with van der Waals surface area (Å²) in [7, 11) is 1.66. The van der Waals surface area contributed by atoms with Crippen molar-refractivity contribution in [2.24, 2.45) is 0 Å². The van der Waals surface area contributed by atoms with E-state index in [2.05, 4.69) is 13.8 Å². The van der Waals surface area contributed by atoms with Crippen molar-refractivity contribution in [1.82, 2.24) is 9.88 Å². The van der Waals surface area contributed by atoms with Crippen molar-refractivity contribution in [3.8, 4) is 5.75 Å². The highest BCUT2D eigenvalue weighted by Crippen LogP contribution is 2.22. The van der Waals surface area contributed by atoms with Gasteiger partial charge < -0.3 is 9.64 Å². The topological polar surface area (TPSA) is 42.4 Å². The molecule has 0 radical (unpaired) electrons. The van der Waals surface area contributed by atoms with Gasteiger partial charge in [-0.1, -0.05) is 63.1 Å². The Hall–Kier alpha value is -3.14. The molecule has 1 amide bonds. The molecule has 0 spiro atoms. The number of aromatic nitrogens is 1. The first-order valence-electron chi connectivity index (χ1n) is 11.2. The third-order valence-electron chi connectivity index (χ3n) is 5.38. The zero-order chi connectivity index (χ0) is 22.1.